The number of fused-ring (bicyclic) bond motifs is 3. The van der Waals surface area contributed by atoms with E-state index in [1.54, 1.807) is 14.2 Å². The molecular weight excluding hydrogens is 300 g/mol. The Kier molecular flexibility index (Phi) is 3.69. The lowest BCUT2D eigenvalue weighted by Gasteiger charge is -2.25. The molecule has 1 atom stereocenters. The van der Waals surface area contributed by atoms with Crippen LogP contribution in [0.5, 0.6) is 11.5 Å². The minimum atomic E-state index is 0.178. The van der Waals surface area contributed by atoms with E-state index in [4.69, 9.17) is 9.47 Å². The molecule has 0 radical (unpaired) electrons. The third kappa shape index (κ3) is 2.34. The first-order valence-corrected chi connectivity index (χ1v) is 8.27. The molecule has 0 spiro atoms. The molecule has 0 saturated carbocycles. The van der Waals surface area contributed by atoms with Gasteiger partial charge in [-0.25, -0.2) is 0 Å². The second kappa shape index (κ2) is 5.87. The van der Waals surface area contributed by atoms with Crippen LogP contribution in [-0.2, 0) is 6.42 Å². The Labute approximate surface area is 141 Å². The number of hydrogen-bond donors (Lipinski definition) is 2. The number of H-pyrrole nitrogens is 1. The van der Waals surface area contributed by atoms with Crippen molar-refractivity contribution in [2.45, 2.75) is 19.4 Å². The van der Waals surface area contributed by atoms with Gasteiger partial charge in [-0.2, -0.15) is 0 Å². The normalized spacial score (nSPS) is 16.9. The average Bonchev–Trinajstić information content (AvgIpc) is 2.99. The average molecular weight is 322 g/mol. The summed E-state index contributed by atoms with van der Waals surface area (Å²) in [5, 5.41) is 4.91. The summed E-state index contributed by atoms with van der Waals surface area (Å²) in [6.45, 7) is 3.05. The van der Waals surface area contributed by atoms with Crippen LogP contribution in [0, 0.1) is 6.92 Å². The fraction of sp³-hybridized carbons (Fsp3) is 0.300. The Balaban J connectivity index is 1.82. The van der Waals surface area contributed by atoms with Gasteiger partial charge in [0.15, 0.2) is 0 Å². The summed E-state index contributed by atoms with van der Waals surface area (Å²) in [5.74, 6) is 1.83. The zero-order valence-corrected chi connectivity index (χ0v) is 14.3. The Bertz CT molecular complexity index is 898. The van der Waals surface area contributed by atoms with Crippen molar-refractivity contribution < 1.29 is 9.47 Å². The number of ether oxygens (including phenoxy) is 2. The van der Waals surface area contributed by atoms with Gasteiger partial charge in [0.05, 0.1) is 20.3 Å². The van der Waals surface area contributed by atoms with Crippen molar-refractivity contribution in [2.75, 3.05) is 20.8 Å². The Morgan fingerprint density at radius 1 is 1.04 bits per heavy atom. The molecule has 1 unspecified atom stereocenters. The Hall–Kier alpha value is -2.46. The predicted octanol–water partition coefficient (Wildman–Crippen LogP) is 3.73. The lowest BCUT2D eigenvalue weighted by atomic mass is 9.93. The zero-order valence-electron chi connectivity index (χ0n) is 14.3. The number of nitrogens with one attached hydrogen (secondary N) is 2. The van der Waals surface area contributed by atoms with Crippen LogP contribution in [0.1, 0.15) is 28.4 Å². The smallest absolute Gasteiger partial charge is 0.121 e. The van der Waals surface area contributed by atoms with Gasteiger partial charge < -0.3 is 19.8 Å². The second-order valence-corrected chi connectivity index (χ2v) is 6.29. The molecule has 4 nitrogen and oxygen atoms in total. The van der Waals surface area contributed by atoms with E-state index in [1.165, 1.54) is 27.7 Å². The predicted molar refractivity (Wildman–Crippen MR) is 96.1 cm³/mol. The third-order valence-corrected chi connectivity index (χ3v) is 4.91. The van der Waals surface area contributed by atoms with E-state index in [0.29, 0.717) is 0 Å². The van der Waals surface area contributed by atoms with E-state index >= 15 is 0 Å². The first-order chi connectivity index (χ1) is 11.7. The van der Waals surface area contributed by atoms with Crippen LogP contribution in [0.4, 0.5) is 0 Å². The van der Waals surface area contributed by atoms with Crippen LogP contribution in [0.3, 0.4) is 0 Å². The van der Waals surface area contributed by atoms with E-state index in [-0.39, 0.29) is 6.04 Å². The number of methoxy groups -OCH3 is 2. The van der Waals surface area contributed by atoms with E-state index in [9.17, 15) is 0 Å². The van der Waals surface area contributed by atoms with Gasteiger partial charge in [0.1, 0.15) is 11.5 Å². The van der Waals surface area contributed by atoms with E-state index in [2.05, 4.69) is 41.5 Å². The summed E-state index contributed by atoms with van der Waals surface area (Å²) >= 11 is 0. The summed E-state index contributed by atoms with van der Waals surface area (Å²) < 4.78 is 10.8. The largest absolute Gasteiger partial charge is 0.497 e. The molecule has 4 rings (SSSR count). The maximum Gasteiger partial charge on any atom is 0.121 e. The van der Waals surface area contributed by atoms with Gasteiger partial charge in [-0.05, 0) is 54.3 Å². The lowest BCUT2D eigenvalue weighted by Crippen LogP contribution is -2.30. The maximum atomic E-state index is 5.39. The van der Waals surface area contributed by atoms with Crippen molar-refractivity contribution in [1.82, 2.24) is 10.3 Å². The molecule has 2 N–H and O–H groups in total. The van der Waals surface area contributed by atoms with Gasteiger partial charge >= 0.3 is 0 Å². The van der Waals surface area contributed by atoms with Crippen LogP contribution in [0.25, 0.3) is 10.9 Å². The molecule has 124 valence electrons. The summed E-state index contributed by atoms with van der Waals surface area (Å²) in [5.41, 5.74) is 6.23. The fourth-order valence-corrected chi connectivity index (χ4v) is 3.70. The maximum absolute atomic E-state index is 5.39. The number of benzene rings is 2. The molecule has 0 fully saturated rings. The van der Waals surface area contributed by atoms with E-state index < -0.39 is 0 Å². The molecule has 24 heavy (non-hydrogen) atoms. The molecular formula is C20H22N2O2. The Morgan fingerprint density at radius 3 is 2.67 bits per heavy atom. The highest BCUT2D eigenvalue weighted by atomic mass is 16.5. The van der Waals surface area contributed by atoms with Crippen molar-refractivity contribution in [2.24, 2.45) is 0 Å². The second-order valence-electron chi connectivity index (χ2n) is 6.29. The van der Waals surface area contributed by atoms with Crippen molar-refractivity contribution in [1.29, 1.82) is 0 Å². The van der Waals surface area contributed by atoms with Gasteiger partial charge in [0.2, 0.25) is 0 Å². The van der Waals surface area contributed by atoms with E-state index in [1.807, 2.05) is 12.1 Å². The van der Waals surface area contributed by atoms with E-state index in [0.717, 1.165) is 30.0 Å². The van der Waals surface area contributed by atoms with Crippen LogP contribution in [0.15, 0.2) is 36.4 Å². The molecule has 1 aliphatic heterocycles. The quantitative estimate of drug-likeness (QED) is 0.772. The van der Waals surface area contributed by atoms with Crippen molar-refractivity contribution in [3.8, 4) is 11.5 Å². The number of hydrogen-bond acceptors (Lipinski definition) is 3. The third-order valence-electron chi connectivity index (χ3n) is 4.91. The molecule has 1 aliphatic rings. The molecule has 0 amide bonds. The summed E-state index contributed by atoms with van der Waals surface area (Å²) in [6.07, 6.45) is 1.02. The van der Waals surface area contributed by atoms with Crippen LogP contribution < -0.4 is 14.8 Å². The topological polar surface area (TPSA) is 46.3 Å². The first-order valence-electron chi connectivity index (χ1n) is 8.27. The molecule has 3 aromatic rings. The highest BCUT2D eigenvalue weighted by Gasteiger charge is 2.25. The Morgan fingerprint density at radius 2 is 1.92 bits per heavy atom. The number of rotatable bonds is 3. The van der Waals surface area contributed by atoms with Gasteiger partial charge in [-0.1, -0.05) is 12.1 Å². The monoisotopic (exact) mass is 322 g/mol. The van der Waals surface area contributed by atoms with Crippen LogP contribution >= 0.6 is 0 Å². The molecule has 2 aromatic carbocycles. The number of aromatic nitrogens is 1. The van der Waals surface area contributed by atoms with Gasteiger partial charge in [0.25, 0.3) is 0 Å². The van der Waals surface area contributed by atoms with Crippen molar-refractivity contribution in [3.05, 3.63) is 58.8 Å². The molecule has 0 saturated heterocycles. The standard InChI is InChI=1S/C20H22N2O2/c1-12-10-13(4-7-18(12)24-3)19-20-15(8-9-21-19)16-11-14(23-2)5-6-17(16)22-20/h4-7,10-11,19,21-22H,8-9H2,1-3H3. The zero-order chi connectivity index (χ0) is 16.7. The highest BCUT2D eigenvalue weighted by Crippen LogP contribution is 2.36. The summed E-state index contributed by atoms with van der Waals surface area (Å²) in [4.78, 5) is 3.61. The molecule has 2 heterocycles. The SMILES string of the molecule is COc1ccc2[nH]c3c(c2c1)CCNC3c1ccc(OC)c(C)c1. The van der Waals surface area contributed by atoms with Crippen molar-refractivity contribution >= 4 is 10.9 Å². The molecule has 4 heteroatoms. The molecule has 0 aliphatic carbocycles. The van der Waals surface area contributed by atoms with Crippen LogP contribution in [-0.4, -0.2) is 25.7 Å². The molecule has 1 aromatic heterocycles. The number of aryl methyl sites for hydroxylation is 1. The summed E-state index contributed by atoms with van der Waals surface area (Å²) in [6, 6.07) is 12.8. The minimum absolute atomic E-state index is 0.178. The molecule has 0 bridgehead atoms. The first kappa shape index (κ1) is 15.1. The number of aromatic amines is 1. The van der Waals surface area contributed by atoms with Gasteiger partial charge in [0, 0.05) is 23.1 Å². The summed E-state index contributed by atoms with van der Waals surface area (Å²) in [7, 11) is 3.43. The lowest BCUT2D eigenvalue weighted by molar-refractivity contribution is 0.411. The highest BCUT2D eigenvalue weighted by molar-refractivity contribution is 5.86. The van der Waals surface area contributed by atoms with Crippen molar-refractivity contribution in [3.63, 3.8) is 0 Å². The fourth-order valence-electron chi connectivity index (χ4n) is 3.70. The van der Waals surface area contributed by atoms with Crippen LogP contribution in [0.2, 0.25) is 0 Å². The minimum Gasteiger partial charge on any atom is -0.497 e. The van der Waals surface area contributed by atoms with Gasteiger partial charge in [-0.15, -0.1) is 0 Å². The van der Waals surface area contributed by atoms with Gasteiger partial charge in [-0.3, -0.25) is 0 Å².